The first-order chi connectivity index (χ1) is 15.8. The summed E-state index contributed by atoms with van der Waals surface area (Å²) in [5, 5.41) is 2.87. The fourth-order valence-electron chi connectivity index (χ4n) is 5.26. The van der Waals surface area contributed by atoms with Gasteiger partial charge in [0.2, 0.25) is 17.7 Å². The molecule has 4 amide bonds. The Labute approximate surface area is 195 Å². The summed E-state index contributed by atoms with van der Waals surface area (Å²) in [6.07, 6.45) is 4.98. The summed E-state index contributed by atoms with van der Waals surface area (Å²) in [7, 11) is 0. The second-order valence-corrected chi connectivity index (χ2v) is 9.34. The van der Waals surface area contributed by atoms with Gasteiger partial charge in [-0.3, -0.25) is 29.5 Å². The maximum absolute atomic E-state index is 13.6. The monoisotopic (exact) mass is 466 g/mol. The quantitative estimate of drug-likeness (QED) is 0.656. The third kappa shape index (κ3) is 3.68. The lowest BCUT2D eigenvalue weighted by atomic mass is 9.69. The van der Waals surface area contributed by atoms with E-state index in [1.807, 2.05) is 6.07 Å². The summed E-state index contributed by atoms with van der Waals surface area (Å²) < 4.78 is 0. The second kappa shape index (κ2) is 8.26. The number of hydrogen-bond acceptors (Lipinski definition) is 5. The van der Waals surface area contributed by atoms with Crippen molar-refractivity contribution in [2.24, 2.45) is 11.7 Å². The number of primary amides is 1. The number of amides is 4. The average Bonchev–Trinajstić information content (AvgIpc) is 3.03. The Bertz CT molecular complexity index is 1160. The van der Waals surface area contributed by atoms with Gasteiger partial charge in [-0.2, -0.15) is 0 Å². The van der Waals surface area contributed by atoms with Crippen molar-refractivity contribution in [3.63, 3.8) is 0 Å². The Morgan fingerprint density at radius 2 is 1.94 bits per heavy atom. The molecule has 3 aliphatic rings. The molecule has 0 spiro atoms. The fourth-order valence-corrected chi connectivity index (χ4v) is 5.38. The molecule has 3 atom stereocenters. The molecule has 8 nitrogen and oxygen atoms in total. The van der Waals surface area contributed by atoms with Gasteiger partial charge in [-0.05, 0) is 61.1 Å². The van der Waals surface area contributed by atoms with E-state index in [1.165, 1.54) is 6.07 Å². The third-order valence-electron chi connectivity index (χ3n) is 7.05. The van der Waals surface area contributed by atoms with E-state index in [2.05, 4.69) is 10.3 Å². The predicted molar refractivity (Wildman–Crippen MR) is 119 cm³/mol. The fraction of sp³-hybridized carbons (Fsp3) is 0.375. The minimum Gasteiger partial charge on any atom is -0.366 e. The highest BCUT2D eigenvalue weighted by atomic mass is 35.5. The molecule has 2 fully saturated rings. The number of hydrogen-bond donors (Lipinski definition) is 2. The Hall–Kier alpha value is -3.26. The third-order valence-corrected chi connectivity index (χ3v) is 7.28. The van der Waals surface area contributed by atoms with Crippen LogP contribution in [0.3, 0.4) is 0 Å². The molecule has 1 aromatic heterocycles. The highest BCUT2D eigenvalue weighted by Crippen LogP contribution is 2.52. The van der Waals surface area contributed by atoms with Gasteiger partial charge in [0.25, 0.3) is 5.91 Å². The molecule has 3 N–H and O–H groups in total. The van der Waals surface area contributed by atoms with E-state index in [0.29, 0.717) is 21.7 Å². The Morgan fingerprint density at radius 3 is 2.55 bits per heavy atom. The van der Waals surface area contributed by atoms with Crippen LogP contribution in [0.4, 0.5) is 0 Å². The molecule has 33 heavy (non-hydrogen) atoms. The number of carbonyl (C=O) groups excluding carboxylic acids is 4. The number of carbonyl (C=O) groups is 4. The molecular formula is C24H23ClN4O4. The van der Waals surface area contributed by atoms with Crippen molar-refractivity contribution in [2.75, 3.05) is 0 Å². The highest BCUT2D eigenvalue weighted by molar-refractivity contribution is 6.30. The Kier molecular flexibility index (Phi) is 5.40. The van der Waals surface area contributed by atoms with Crippen LogP contribution in [0.15, 0.2) is 36.5 Å². The maximum Gasteiger partial charge on any atom is 0.255 e. The van der Waals surface area contributed by atoms with Gasteiger partial charge in [0.05, 0.1) is 11.1 Å². The zero-order valence-corrected chi connectivity index (χ0v) is 18.5. The molecule has 170 valence electrons. The van der Waals surface area contributed by atoms with E-state index >= 15 is 0 Å². The normalized spacial score (nSPS) is 23.7. The van der Waals surface area contributed by atoms with Gasteiger partial charge < -0.3 is 10.6 Å². The van der Waals surface area contributed by atoms with Crippen LogP contribution < -0.4 is 11.1 Å². The lowest BCUT2D eigenvalue weighted by Gasteiger charge is -2.43. The molecule has 5 rings (SSSR count). The number of imide groups is 1. The van der Waals surface area contributed by atoms with Crippen molar-refractivity contribution in [1.82, 2.24) is 15.2 Å². The van der Waals surface area contributed by atoms with E-state index in [0.717, 1.165) is 25.0 Å². The summed E-state index contributed by atoms with van der Waals surface area (Å²) in [5.74, 6) is -1.66. The van der Waals surface area contributed by atoms with Crippen LogP contribution in [0, 0.1) is 5.92 Å². The first-order valence-electron chi connectivity index (χ1n) is 11.1. The van der Waals surface area contributed by atoms with Crippen LogP contribution in [0.2, 0.25) is 5.02 Å². The number of fused-ring (bicyclic) bond motifs is 1. The molecule has 1 unspecified atom stereocenters. The number of rotatable bonds is 5. The van der Waals surface area contributed by atoms with E-state index in [1.54, 1.807) is 29.3 Å². The minimum absolute atomic E-state index is 0.156. The van der Waals surface area contributed by atoms with Crippen molar-refractivity contribution in [2.45, 2.75) is 50.1 Å². The van der Waals surface area contributed by atoms with Gasteiger partial charge in [-0.15, -0.1) is 0 Å². The van der Waals surface area contributed by atoms with Crippen LogP contribution in [0.1, 0.15) is 76.0 Å². The van der Waals surface area contributed by atoms with Crippen molar-refractivity contribution in [3.8, 4) is 0 Å². The van der Waals surface area contributed by atoms with Crippen LogP contribution in [0.25, 0.3) is 0 Å². The Morgan fingerprint density at radius 1 is 1.15 bits per heavy atom. The summed E-state index contributed by atoms with van der Waals surface area (Å²) in [5.41, 5.74) is 7.71. The molecule has 9 heteroatoms. The van der Waals surface area contributed by atoms with Crippen LogP contribution in [-0.4, -0.2) is 39.6 Å². The average molecular weight is 467 g/mol. The minimum atomic E-state index is -0.792. The van der Waals surface area contributed by atoms with Crippen LogP contribution in [0.5, 0.6) is 0 Å². The summed E-state index contributed by atoms with van der Waals surface area (Å²) in [6.45, 7) is 0. The molecule has 2 aliphatic heterocycles. The second-order valence-electron chi connectivity index (χ2n) is 8.91. The molecule has 1 saturated heterocycles. The number of nitrogens with zero attached hydrogens (tertiary/aromatic N) is 2. The molecule has 0 bridgehead atoms. The van der Waals surface area contributed by atoms with Gasteiger partial charge in [-0.25, -0.2) is 0 Å². The first-order valence-corrected chi connectivity index (χ1v) is 11.4. The standard InChI is InChI=1S/C24H23ClN4O4/c25-14-5-7-17(27-11-14)20(12-2-1-3-12)21-16-10-13(22(26)31)4-6-15(16)24(33)29(21)18-8-9-19(30)28-23(18)32/h4-7,10-12,18,20-21H,1-3,8-9H2,(H2,26,31)(H,28,30,32)/t18-,20+,21?/m0/s1. The lowest BCUT2D eigenvalue weighted by molar-refractivity contribution is -0.137. The van der Waals surface area contributed by atoms with Crippen LogP contribution >= 0.6 is 11.6 Å². The summed E-state index contributed by atoms with van der Waals surface area (Å²) in [4.78, 5) is 56.4. The van der Waals surface area contributed by atoms with Gasteiger partial charge in [0, 0.05) is 35.4 Å². The van der Waals surface area contributed by atoms with E-state index in [-0.39, 0.29) is 36.5 Å². The van der Waals surface area contributed by atoms with Crippen molar-refractivity contribution < 1.29 is 19.2 Å². The number of nitrogens with two attached hydrogens (primary N) is 1. The SMILES string of the molecule is NC(=O)c1ccc2c(c1)C([C@@H](c1ccc(Cl)cn1)C1CCC1)N([C@H]1CCC(=O)NC1=O)C2=O. The topological polar surface area (TPSA) is 122 Å². The summed E-state index contributed by atoms with van der Waals surface area (Å²) >= 11 is 6.08. The molecule has 1 aliphatic carbocycles. The lowest BCUT2D eigenvalue weighted by Crippen LogP contribution is -2.54. The van der Waals surface area contributed by atoms with E-state index in [9.17, 15) is 19.2 Å². The molecule has 0 radical (unpaired) electrons. The maximum atomic E-state index is 13.6. The predicted octanol–water partition coefficient (Wildman–Crippen LogP) is 2.72. The van der Waals surface area contributed by atoms with Gasteiger partial charge in [0.15, 0.2) is 0 Å². The van der Waals surface area contributed by atoms with Crippen LogP contribution in [-0.2, 0) is 9.59 Å². The molecule has 3 heterocycles. The Balaban J connectivity index is 1.67. The first kappa shape index (κ1) is 21.6. The number of benzene rings is 1. The molecular weight excluding hydrogens is 444 g/mol. The number of nitrogens with one attached hydrogen (secondary N) is 1. The van der Waals surface area contributed by atoms with E-state index in [4.69, 9.17) is 17.3 Å². The number of aromatic nitrogens is 1. The summed E-state index contributed by atoms with van der Waals surface area (Å²) in [6, 6.07) is 7.10. The van der Waals surface area contributed by atoms with Crippen molar-refractivity contribution >= 4 is 35.2 Å². The highest BCUT2D eigenvalue weighted by Gasteiger charge is 2.50. The van der Waals surface area contributed by atoms with Gasteiger partial charge in [0.1, 0.15) is 6.04 Å². The zero-order chi connectivity index (χ0) is 23.3. The van der Waals surface area contributed by atoms with Crippen molar-refractivity contribution in [3.05, 3.63) is 63.9 Å². The molecule has 2 aromatic rings. The van der Waals surface area contributed by atoms with Crippen molar-refractivity contribution in [1.29, 1.82) is 0 Å². The largest absolute Gasteiger partial charge is 0.366 e. The van der Waals surface area contributed by atoms with Gasteiger partial charge in [-0.1, -0.05) is 18.0 Å². The molecule has 1 aromatic carbocycles. The number of pyridine rings is 1. The number of halogens is 1. The zero-order valence-electron chi connectivity index (χ0n) is 17.8. The number of piperidine rings is 1. The van der Waals surface area contributed by atoms with Gasteiger partial charge >= 0.3 is 0 Å². The molecule has 1 saturated carbocycles. The van der Waals surface area contributed by atoms with E-state index < -0.39 is 23.9 Å². The smallest absolute Gasteiger partial charge is 0.255 e.